The number of imidazole rings is 1. The van der Waals surface area contributed by atoms with Crippen molar-refractivity contribution in [3.63, 3.8) is 0 Å². The van der Waals surface area contributed by atoms with E-state index in [4.69, 9.17) is 39.5 Å². The number of hydrogen-bond donors (Lipinski definition) is 0. The van der Waals surface area contributed by atoms with E-state index in [1.165, 1.54) is 0 Å². The molecular weight excluding hydrogens is 307 g/mol. The van der Waals surface area contributed by atoms with Gasteiger partial charge in [-0.3, -0.25) is 0 Å². The lowest BCUT2D eigenvalue weighted by atomic mass is 10.3. The van der Waals surface area contributed by atoms with Gasteiger partial charge in [-0.1, -0.05) is 23.2 Å². The lowest BCUT2D eigenvalue weighted by Crippen LogP contribution is -2.12. The van der Waals surface area contributed by atoms with Gasteiger partial charge in [0.1, 0.15) is 5.82 Å². The average molecular weight is 322 g/mol. The monoisotopic (exact) mass is 320 g/mol. The first-order valence-electron chi connectivity index (χ1n) is 6.04. The summed E-state index contributed by atoms with van der Waals surface area (Å²) in [6.45, 7) is 5.30. The van der Waals surface area contributed by atoms with Gasteiger partial charge in [-0.15, -0.1) is 11.6 Å². The molecule has 0 radical (unpaired) electrons. The van der Waals surface area contributed by atoms with E-state index in [0.29, 0.717) is 29.1 Å². The van der Waals surface area contributed by atoms with Crippen LogP contribution in [0.5, 0.6) is 0 Å². The summed E-state index contributed by atoms with van der Waals surface area (Å²) in [5.41, 5.74) is 1.73. The maximum Gasteiger partial charge on any atom is 0.124 e. The third kappa shape index (κ3) is 3.34. The van der Waals surface area contributed by atoms with Gasteiger partial charge >= 0.3 is 0 Å². The summed E-state index contributed by atoms with van der Waals surface area (Å²) in [6.07, 6.45) is 0.201. The van der Waals surface area contributed by atoms with E-state index >= 15 is 0 Å². The van der Waals surface area contributed by atoms with E-state index in [1.807, 2.05) is 24.5 Å². The van der Waals surface area contributed by atoms with Gasteiger partial charge in [0, 0.05) is 6.54 Å². The molecular formula is C13H15Cl3N2O. The van der Waals surface area contributed by atoms with Crippen LogP contribution >= 0.6 is 34.8 Å². The number of rotatable bonds is 5. The molecule has 6 heteroatoms. The van der Waals surface area contributed by atoms with Gasteiger partial charge in [0.05, 0.1) is 39.7 Å². The van der Waals surface area contributed by atoms with Crippen LogP contribution < -0.4 is 0 Å². The highest BCUT2D eigenvalue weighted by Gasteiger charge is 2.12. The summed E-state index contributed by atoms with van der Waals surface area (Å²) in [4.78, 5) is 4.46. The molecule has 0 saturated carbocycles. The largest absolute Gasteiger partial charge is 0.377 e. The van der Waals surface area contributed by atoms with Gasteiger partial charge in [-0.25, -0.2) is 4.98 Å². The second kappa shape index (κ2) is 6.31. The smallest absolute Gasteiger partial charge is 0.124 e. The van der Waals surface area contributed by atoms with Gasteiger partial charge in [-0.2, -0.15) is 0 Å². The molecule has 0 N–H and O–H groups in total. The van der Waals surface area contributed by atoms with Crippen LogP contribution in [-0.4, -0.2) is 22.3 Å². The highest BCUT2D eigenvalue weighted by molar-refractivity contribution is 6.42. The maximum absolute atomic E-state index is 6.06. The Hall–Kier alpha value is -0.480. The average Bonchev–Trinajstić information content (AvgIpc) is 2.67. The Morgan fingerprint density at radius 1 is 1.26 bits per heavy atom. The Kier molecular flexibility index (Phi) is 4.96. The molecule has 1 aromatic carbocycles. The highest BCUT2D eigenvalue weighted by Crippen LogP contribution is 2.28. The fourth-order valence-electron chi connectivity index (χ4n) is 1.90. The minimum Gasteiger partial charge on any atom is -0.377 e. The van der Waals surface area contributed by atoms with Crippen molar-refractivity contribution < 1.29 is 4.74 Å². The molecule has 0 aliphatic rings. The van der Waals surface area contributed by atoms with E-state index in [-0.39, 0.29) is 6.10 Å². The van der Waals surface area contributed by atoms with E-state index in [1.54, 1.807) is 6.07 Å². The molecule has 0 aliphatic heterocycles. The summed E-state index contributed by atoms with van der Waals surface area (Å²) < 4.78 is 7.59. The predicted octanol–water partition coefficient (Wildman–Crippen LogP) is 4.51. The second-order valence-electron chi connectivity index (χ2n) is 4.49. The number of alkyl halides is 1. The number of aromatic nitrogens is 2. The maximum atomic E-state index is 6.06. The van der Waals surface area contributed by atoms with Crippen molar-refractivity contribution >= 4 is 45.8 Å². The zero-order chi connectivity index (χ0) is 14.0. The van der Waals surface area contributed by atoms with E-state index in [0.717, 1.165) is 16.9 Å². The first kappa shape index (κ1) is 14.9. The predicted molar refractivity (Wildman–Crippen MR) is 80.4 cm³/mol. The Morgan fingerprint density at radius 2 is 1.95 bits per heavy atom. The third-order valence-corrected chi connectivity index (χ3v) is 3.72. The lowest BCUT2D eigenvalue weighted by molar-refractivity contribution is 0.0729. The van der Waals surface area contributed by atoms with Crippen LogP contribution in [0.25, 0.3) is 11.0 Å². The van der Waals surface area contributed by atoms with Crippen molar-refractivity contribution in [3.05, 3.63) is 28.0 Å². The van der Waals surface area contributed by atoms with Crippen LogP contribution in [0.4, 0.5) is 0 Å². The van der Waals surface area contributed by atoms with E-state index in [2.05, 4.69) is 4.98 Å². The van der Waals surface area contributed by atoms with E-state index in [9.17, 15) is 0 Å². The standard InChI is InChI=1S/C13H15Cl3N2O/c1-8(2)19-4-3-18-12-6-10(16)9(15)5-11(12)17-13(18)7-14/h5-6,8H,3-4,7H2,1-2H3. The molecule has 2 aromatic rings. The van der Waals surface area contributed by atoms with Crippen molar-refractivity contribution in [2.24, 2.45) is 0 Å². The minimum absolute atomic E-state index is 0.201. The highest BCUT2D eigenvalue weighted by atomic mass is 35.5. The van der Waals surface area contributed by atoms with Crippen LogP contribution in [-0.2, 0) is 17.2 Å². The number of hydrogen-bond acceptors (Lipinski definition) is 2. The summed E-state index contributed by atoms with van der Waals surface area (Å²) in [7, 11) is 0. The third-order valence-electron chi connectivity index (χ3n) is 2.75. The molecule has 1 aromatic heterocycles. The molecule has 0 unspecified atom stereocenters. The first-order chi connectivity index (χ1) is 9.02. The molecule has 0 bridgehead atoms. The van der Waals surface area contributed by atoms with Crippen molar-refractivity contribution in [1.82, 2.24) is 9.55 Å². The zero-order valence-corrected chi connectivity index (χ0v) is 13.1. The minimum atomic E-state index is 0.201. The Balaban J connectivity index is 2.36. The quantitative estimate of drug-likeness (QED) is 0.758. The van der Waals surface area contributed by atoms with Crippen LogP contribution in [0.15, 0.2) is 12.1 Å². The van der Waals surface area contributed by atoms with Crippen LogP contribution in [0, 0.1) is 0 Å². The van der Waals surface area contributed by atoms with Gasteiger partial charge < -0.3 is 9.30 Å². The second-order valence-corrected chi connectivity index (χ2v) is 5.57. The molecule has 0 fully saturated rings. The van der Waals surface area contributed by atoms with Crippen molar-refractivity contribution in [2.75, 3.05) is 6.61 Å². The summed E-state index contributed by atoms with van der Waals surface area (Å²) in [5, 5.41) is 1.01. The number of fused-ring (bicyclic) bond motifs is 1. The Labute approximate surface area is 127 Å². The number of nitrogens with zero attached hydrogens (tertiary/aromatic N) is 2. The zero-order valence-electron chi connectivity index (χ0n) is 10.8. The molecule has 3 nitrogen and oxygen atoms in total. The SMILES string of the molecule is CC(C)OCCn1c(CCl)nc2cc(Cl)c(Cl)cc21. The summed E-state index contributed by atoms with van der Waals surface area (Å²) in [5.74, 6) is 1.13. The molecule has 19 heavy (non-hydrogen) atoms. The first-order valence-corrected chi connectivity index (χ1v) is 7.33. The summed E-state index contributed by atoms with van der Waals surface area (Å²) >= 11 is 18.0. The van der Waals surface area contributed by atoms with Gasteiger partial charge in [0.2, 0.25) is 0 Å². The van der Waals surface area contributed by atoms with Gasteiger partial charge in [0.15, 0.2) is 0 Å². The van der Waals surface area contributed by atoms with Crippen LogP contribution in [0.1, 0.15) is 19.7 Å². The number of ether oxygens (including phenoxy) is 1. The van der Waals surface area contributed by atoms with Gasteiger partial charge in [0.25, 0.3) is 0 Å². The normalized spacial score (nSPS) is 11.7. The van der Waals surface area contributed by atoms with Crippen LogP contribution in [0.3, 0.4) is 0 Å². The fraction of sp³-hybridized carbons (Fsp3) is 0.462. The molecule has 0 spiro atoms. The molecule has 1 heterocycles. The number of benzene rings is 1. The molecule has 0 saturated heterocycles. The molecule has 2 rings (SSSR count). The fourth-order valence-corrected chi connectivity index (χ4v) is 2.42. The Bertz CT molecular complexity index is 581. The van der Waals surface area contributed by atoms with Crippen molar-refractivity contribution in [2.45, 2.75) is 32.4 Å². The van der Waals surface area contributed by atoms with Crippen molar-refractivity contribution in [3.8, 4) is 0 Å². The lowest BCUT2D eigenvalue weighted by Gasteiger charge is -2.10. The molecule has 0 aliphatic carbocycles. The van der Waals surface area contributed by atoms with Gasteiger partial charge in [-0.05, 0) is 26.0 Å². The number of halogens is 3. The molecule has 104 valence electrons. The van der Waals surface area contributed by atoms with Crippen LogP contribution in [0.2, 0.25) is 10.0 Å². The molecule has 0 amide bonds. The van der Waals surface area contributed by atoms with Crippen molar-refractivity contribution in [1.29, 1.82) is 0 Å². The Morgan fingerprint density at radius 3 is 2.58 bits per heavy atom. The topological polar surface area (TPSA) is 27.1 Å². The summed E-state index contributed by atoms with van der Waals surface area (Å²) in [6, 6.07) is 3.58. The van der Waals surface area contributed by atoms with E-state index < -0.39 is 0 Å². The molecule has 0 atom stereocenters.